The van der Waals surface area contributed by atoms with Crippen LogP contribution >= 0.6 is 11.6 Å². The largest absolute Gasteiger partial charge is 0.377 e. The van der Waals surface area contributed by atoms with Gasteiger partial charge in [-0.25, -0.2) is 0 Å². The quantitative estimate of drug-likeness (QED) is 0.825. The summed E-state index contributed by atoms with van der Waals surface area (Å²) in [5, 5.41) is 0.359. The van der Waals surface area contributed by atoms with Gasteiger partial charge in [0.15, 0.2) is 6.29 Å². The molecule has 5 nitrogen and oxygen atoms in total. The zero-order chi connectivity index (χ0) is 13.1. The van der Waals surface area contributed by atoms with Gasteiger partial charge in [0.1, 0.15) is 6.04 Å². The summed E-state index contributed by atoms with van der Waals surface area (Å²) in [4.78, 5) is 24.3. The van der Waals surface area contributed by atoms with Gasteiger partial charge < -0.3 is 15.4 Å². The highest BCUT2D eigenvalue weighted by atomic mass is 35.5. The number of rotatable bonds is 3. The summed E-state index contributed by atoms with van der Waals surface area (Å²) >= 11 is 5.97. The molecule has 1 aliphatic rings. The van der Waals surface area contributed by atoms with Crippen LogP contribution in [0, 0.1) is 0 Å². The Hall–Kier alpha value is -1.59. The SMILES string of the molecule is NC(=O)C1COCCN1c1cccc(Cl)c1C=O. The van der Waals surface area contributed by atoms with Crippen molar-refractivity contribution in [2.75, 3.05) is 24.7 Å². The van der Waals surface area contributed by atoms with Crippen LogP contribution in [-0.4, -0.2) is 38.0 Å². The Kier molecular flexibility index (Phi) is 3.84. The van der Waals surface area contributed by atoms with E-state index in [4.69, 9.17) is 22.1 Å². The lowest BCUT2D eigenvalue weighted by Gasteiger charge is -2.36. The van der Waals surface area contributed by atoms with Crippen LogP contribution in [0.1, 0.15) is 10.4 Å². The van der Waals surface area contributed by atoms with Crippen LogP contribution in [0.3, 0.4) is 0 Å². The molecule has 1 aromatic rings. The molecular weight excluding hydrogens is 256 g/mol. The van der Waals surface area contributed by atoms with Gasteiger partial charge in [-0.3, -0.25) is 9.59 Å². The van der Waals surface area contributed by atoms with E-state index in [0.29, 0.717) is 35.7 Å². The third-order valence-corrected chi connectivity index (χ3v) is 3.24. The van der Waals surface area contributed by atoms with E-state index in [2.05, 4.69) is 0 Å². The van der Waals surface area contributed by atoms with E-state index in [0.717, 1.165) is 0 Å². The van der Waals surface area contributed by atoms with Gasteiger partial charge in [0.2, 0.25) is 5.91 Å². The standard InChI is InChI=1S/C12H13ClN2O3/c13-9-2-1-3-10(8(9)6-16)15-4-5-18-7-11(15)12(14)17/h1-3,6,11H,4-5,7H2,(H2,14,17). The number of carbonyl (C=O) groups is 2. The molecule has 6 heteroatoms. The number of aldehydes is 1. The molecule has 0 bridgehead atoms. The summed E-state index contributed by atoms with van der Waals surface area (Å²) in [7, 11) is 0. The Bertz CT molecular complexity index is 478. The molecule has 1 unspecified atom stereocenters. The van der Waals surface area contributed by atoms with Crippen molar-refractivity contribution in [3.8, 4) is 0 Å². The minimum Gasteiger partial charge on any atom is -0.377 e. The average molecular weight is 269 g/mol. The summed E-state index contributed by atoms with van der Waals surface area (Å²) in [5.74, 6) is -0.480. The number of anilines is 1. The van der Waals surface area contributed by atoms with Crippen molar-refractivity contribution < 1.29 is 14.3 Å². The molecule has 2 rings (SSSR count). The monoisotopic (exact) mass is 268 g/mol. The average Bonchev–Trinajstić information content (AvgIpc) is 2.38. The zero-order valence-corrected chi connectivity index (χ0v) is 10.4. The van der Waals surface area contributed by atoms with Crippen molar-refractivity contribution in [1.29, 1.82) is 0 Å². The number of primary amides is 1. The molecule has 2 N–H and O–H groups in total. The molecule has 1 aromatic carbocycles. The Morgan fingerprint density at radius 3 is 3.00 bits per heavy atom. The van der Waals surface area contributed by atoms with Gasteiger partial charge in [-0.05, 0) is 12.1 Å². The number of hydrogen-bond acceptors (Lipinski definition) is 4. The highest BCUT2D eigenvalue weighted by Crippen LogP contribution is 2.28. The fraction of sp³-hybridized carbons (Fsp3) is 0.333. The Balaban J connectivity index is 2.42. The van der Waals surface area contributed by atoms with E-state index in [1.807, 2.05) is 0 Å². The van der Waals surface area contributed by atoms with Gasteiger partial charge in [-0.15, -0.1) is 0 Å². The molecule has 0 spiro atoms. The molecule has 0 radical (unpaired) electrons. The second kappa shape index (κ2) is 5.37. The number of halogens is 1. The molecule has 18 heavy (non-hydrogen) atoms. The third-order valence-electron chi connectivity index (χ3n) is 2.91. The van der Waals surface area contributed by atoms with Gasteiger partial charge in [-0.2, -0.15) is 0 Å². The summed E-state index contributed by atoms with van der Waals surface area (Å²) < 4.78 is 5.24. The van der Waals surface area contributed by atoms with Crippen LogP contribution in [0.5, 0.6) is 0 Å². The predicted octanol–water partition coefficient (Wildman–Crippen LogP) is 0.843. The van der Waals surface area contributed by atoms with E-state index in [1.54, 1.807) is 23.1 Å². The minimum atomic E-state index is -0.573. The summed E-state index contributed by atoms with van der Waals surface area (Å²) in [6, 6.07) is 4.54. The van der Waals surface area contributed by atoms with Gasteiger partial charge in [0.25, 0.3) is 0 Å². The van der Waals surface area contributed by atoms with Gasteiger partial charge in [0.05, 0.1) is 23.8 Å². The van der Waals surface area contributed by atoms with Crippen molar-refractivity contribution in [2.24, 2.45) is 5.73 Å². The van der Waals surface area contributed by atoms with Crippen molar-refractivity contribution in [2.45, 2.75) is 6.04 Å². The molecule has 1 atom stereocenters. The van der Waals surface area contributed by atoms with E-state index >= 15 is 0 Å². The molecule has 0 saturated carbocycles. The van der Waals surface area contributed by atoms with Crippen molar-refractivity contribution >= 4 is 29.5 Å². The summed E-state index contributed by atoms with van der Waals surface area (Å²) in [6.07, 6.45) is 0.686. The lowest BCUT2D eigenvalue weighted by atomic mass is 10.1. The second-order valence-corrected chi connectivity index (χ2v) is 4.38. The van der Waals surface area contributed by atoms with Crippen LogP contribution in [0.2, 0.25) is 5.02 Å². The van der Waals surface area contributed by atoms with Crippen LogP contribution in [0.4, 0.5) is 5.69 Å². The maximum Gasteiger partial charge on any atom is 0.242 e. The van der Waals surface area contributed by atoms with E-state index in [9.17, 15) is 9.59 Å². The number of ether oxygens (including phenoxy) is 1. The Morgan fingerprint density at radius 2 is 2.33 bits per heavy atom. The number of amides is 1. The van der Waals surface area contributed by atoms with E-state index < -0.39 is 11.9 Å². The van der Waals surface area contributed by atoms with Crippen molar-refractivity contribution in [3.63, 3.8) is 0 Å². The zero-order valence-electron chi connectivity index (χ0n) is 9.64. The number of hydrogen-bond donors (Lipinski definition) is 1. The summed E-state index contributed by atoms with van der Waals surface area (Å²) in [5.41, 5.74) is 6.33. The first kappa shape index (κ1) is 12.9. The van der Waals surface area contributed by atoms with Crippen LogP contribution in [-0.2, 0) is 9.53 Å². The number of benzene rings is 1. The molecule has 1 saturated heterocycles. The maximum atomic E-state index is 11.4. The second-order valence-electron chi connectivity index (χ2n) is 3.98. The molecule has 1 amide bonds. The van der Waals surface area contributed by atoms with Crippen LogP contribution < -0.4 is 10.6 Å². The van der Waals surface area contributed by atoms with Gasteiger partial charge in [0, 0.05) is 12.2 Å². The number of carbonyl (C=O) groups excluding carboxylic acids is 2. The van der Waals surface area contributed by atoms with Crippen molar-refractivity contribution in [3.05, 3.63) is 28.8 Å². The third kappa shape index (κ3) is 2.32. The first-order chi connectivity index (χ1) is 8.65. The van der Waals surface area contributed by atoms with Crippen LogP contribution in [0.25, 0.3) is 0 Å². The molecule has 1 heterocycles. The van der Waals surface area contributed by atoms with Crippen LogP contribution in [0.15, 0.2) is 18.2 Å². The Morgan fingerprint density at radius 1 is 1.56 bits per heavy atom. The van der Waals surface area contributed by atoms with E-state index in [1.165, 1.54) is 0 Å². The summed E-state index contributed by atoms with van der Waals surface area (Å²) in [6.45, 7) is 1.20. The maximum absolute atomic E-state index is 11.4. The lowest BCUT2D eigenvalue weighted by Crippen LogP contribution is -2.53. The molecule has 0 aromatic heterocycles. The molecule has 1 fully saturated rings. The number of nitrogens with zero attached hydrogens (tertiary/aromatic N) is 1. The topological polar surface area (TPSA) is 72.6 Å². The predicted molar refractivity (Wildman–Crippen MR) is 68.0 cm³/mol. The highest BCUT2D eigenvalue weighted by molar-refractivity contribution is 6.33. The molecule has 96 valence electrons. The van der Waals surface area contributed by atoms with Gasteiger partial charge in [-0.1, -0.05) is 17.7 Å². The Labute approximate surface area is 109 Å². The molecule has 1 aliphatic heterocycles. The lowest BCUT2D eigenvalue weighted by molar-refractivity contribution is -0.121. The smallest absolute Gasteiger partial charge is 0.242 e. The fourth-order valence-corrected chi connectivity index (χ4v) is 2.23. The minimum absolute atomic E-state index is 0.222. The van der Waals surface area contributed by atoms with E-state index in [-0.39, 0.29) is 6.61 Å². The molecule has 0 aliphatic carbocycles. The fourth-order valence-electron chi connectivity index (χ4n) is 2.02. The van der Waals surface area contributed by atoms with Gasteiger partial charge >= 0.3 is 0 Å². The van der Waals surface area contributed by atoms with Crippen molar-refractivity contribution in [1.82, 2.24) is 0 Å². The first-order valence-corrected chi connectivity index (χ1v) is 5.90. The number of nitrogens with two attached hydrogens (primary N) is 1. The molecular formula is C12H13ClN2O3. The normalized spacial score (nSPS) is 19.6. The number of morpholine rings is 1. The highest BCUT2D eigenvalue weighted by Gasteiger charge is 2.29. The first-order valence-electron chi connectivity index (χ1n) is 5.52.